The minimum atomic E-state index is -0.593. The summed E-state index contributed by atoms with van der Waals surface area (Å²) in [5.41, 5.74) is 0. The molecule has 0 aromatic heterocycles. The molecular formula is C15H29N3O4S. The minimum absolute atomic E-state index is 0.151. The van der Waals surface area contributed by atoms with Crippen LogP contribution < -0.4 is 5.32 Å². The van der Waals surface area contributed by atoms with Gasteiger partial charge in [0.05, 0.1) is 24.9 Å². The van der Waals surface area contributed by atoms with Crippen molar-refractivity contribution in [3.05, 3.63) is 0 Å². The second-order valence-electron chi connectivity index (χ2n) is 5.58. The van der Waals surface area contributed by atoms with E-state index >= 15 is 0 Å². The lowest BCUT2D eigenvalue weighted by atomic mass is 10.0. The lowest BCUT2D eigenvalue weighted by Crippen LogP contribution is -2.54. The van der Waals surface area contributed by atoms with Crippen molar-refractivity contribution in [3.8, 4) is 0 Å². The smallest absolute Gasteiger partial charge is 0.409 e. The zero-order chi connectivity index (χ0) is 17.4. The average Bonchev–Trinajstić information content (AvgIpc) is 2.55. The third-order valence-corrected chi connectivity index (χ3v) is 4.45. The van der Waals surface area contributed by atoms with Gasteiger partial charge in [-0.3, -0.25) is 0 Å². The number of aliphatic hydroxyl groups excluding tert-OH is 1. The van der Waals surface area contributed by atoms with Gasteiger partial charge in [-0.05, 0) is 33.0 Å². The molecule has 1 saturated heterocycles. The fourth-order valence-electron chi connectivity index (χ4n) is 2.26. The molecule has 134 valence electrons. The van der Waals surface area contributed by atoms with E-state index in [2.05, 4.69) is 5.32 Å². The molecule has 7 nitrogen and oxygen atoms in total. The zero-order valence-electron chi connectivity index (χ0n) is 14.4. The van der Waals surface area contributed by atoms with E-state index in [-0.39, 0.29) is 24.8 Å². The summed E-state index contributed by atoms with van der Waals surface area (Å²) in [4.78, 5) is 15.3. The molecule has 0 spiro atoms. The van der Waals surface area contributed by atoms with Crippen molar-refractivity contribution in [3.63, 3.8) is 0 Å². The number of carbonyl (C=O) groups is 1. The van der Waals surface area contributed by atoms with Crippen LogP contribution in [-0.4, -0.2) is 84.3 Å². The van der Waals surface area contributed by atoms with E-state index in [9.17, 15) is 9.90 Å². The van der Waals surface area contributed by atoms with Gasteiger partial charge in [-0.1, -0.05) is 0 Å². The number of nitrogens with zero attached hydrogens (tertiary/aromatic N) is 2. The second kappa shape index (κ2) is 9.89. The van der Waals surface area contributed by atoms with E-state index in [0.717, 1.165) is 6.54 Å². The lowest BCUT2D eigenvalue weighted by Gasteiger charge is -2.35. The first kappa shape index (κ1) is 19.9. The third-order valence-electron chi connectivity index (χ3n) is 4.02. The Labute approximate surface area is 143 Å². The highest BCUT2D eigenvalue weighted by molar-refractivity contribution is 7.80. The molecular weight excluding hydrogens is 318 g/mol. The Bertz CT molecular complexity index is 393. The monoisotopic (exact) mass is 347 g/mol. The SMILES string of the molecule is CCN(C)C(=S)NC1CO[C@H](COC(=O)N(CC)CC)C[C@@H]1O. The largest absolute Gasteiger partial charge is 0.447 e. The van der Waals surface area contributed by atoms with Gasteiger partial charge >= 0.3 is 6.09 Å². The molecule has 1 aliphatic rings. The summed E-state index contributed by atoms with van der Waals surface area (Å²) in [5, 5.41) is 13.9. The molecule has 2 N–H and O–H groups in total. The van der Waals surface area contributed by atoms with Crippen LogP contribution in [0.4, 0.5) is 4.79 Å². The van der Waals surface area contributed by atoms with Crippen molar-refractivity contribution in [1.29, 1.82) is 0 Å². The summed E-state index contributed by atoms with van der Waals surface area (Å²) in [7, 11) is 1.89. The van der Waals surface area contributed by atoms with Crippen molar-refractivity contribution in [1.82, 2.24) is 15.1 Å². The molecule has 23 heavy (non-hydrogen) atoms. The van der Waals surface area contributed by atoms with E-state index in [0.29, 0.717) is 31.2 Å². The molecule has 1 fully saturated rings. The number of hydrogen-bond acceptors (Lipinski definition) is 5. The molecule has 0 bridgehead atoms. The fourth-order valence-corrected chi connectivity index (χ4v) is 2.54. The molecule has 1 heterocycles. The van der Waals surface area contributed by atoms with Gasteiger partial charge in [-0.2, -0.15) is 0 Å². The number of carbonyl (C=O) groups excluding carboxylic acids is 1. The fraction of sp³-hybridized carbons (Fsp3) is 0.867. The van der Waals surface area contributed by atoms with Crippen LogP contribution in [0.5, 0.6) is 0 Å². The van der Waals surface area contributed by atoms with Gasteiger partial charge in [0.15, 0.2) is 5.11 Å². The molecule has 0 radical (unpaired) electrons. The standard InChI is InChI=1S/C15H29N3O4S/c1-5-17(4)14(23)16-12-10-21-11(8-13(12)19)9-22-15(20)18(6-2)7-3/h11-13,19H,5-10H2,1-4H3,(H,16,23)/t11-,12?,13-/m0/s1. The Kier molecular flexibility index (Phi) is 8.57. The highest BCUT2D eigenvalue weighted by Gasteiger charge is 2.31. The number of rotatable bonds is 6. The lowest BCUT2D eigenvalue weighted by molar-refractivity contribution is -0.0835. The van der Waals surface area contributed by atoms with E-state index in [1.165, 1.54) is 0 Å². The Morgan fingerprint density at radius 1 is 1.35 bits per heavy atom. The summed E-state index contributed by atoms with van der Waals surface area (Å²) in [5.74, 6) is 0. The van der Waals surface area contributed by atoms with Crippen LogP contribution in [0.1, 0.15) is 27.2 Å². The maximum Gasteiger partial charge on any atom is 0.409 e. The van der Waals surface area contributed by atoms with E-state index in [1.807, 2.05) is 32.7 Å². The van der Waals surface area contributed by atoms with Gasteiger partial charge in [0.25, 0.3) is 0 Å². The molecule has 0 aromatic carbocycles. The molecule has 0 aliphatic carbocycles. The number of aliphatic hydroxyl groups is 1. The Morgan fingerprint density at radius 3 is 2.52 bits per heavy atom. The normalized spacial score (nSPS) is 24.0. The Hall–Kier alpha value is -1.12. The number of hydrogen-bond donors (Lipinski definition) is 2. The van der Waals surface area contributed by atoms with E-state index < -0.39 is 6.10 Å². The van der Waals surface area contributed by atoms with Gasteiger partial charge in [0, 0.05) is 33.1 Å². The summed E-state index contributed by atoms with van der Waals surface area (Å²) >= 11 is 5.25. The molecule has 8 heteroatoms. The first-order valence-corrected chi connectivity index (χ1v) is 8.56. The summed E-state index contributed by atoms with van der Waals surface area (Å²) in [6, 6.07) is -0.244. The van der Waals surface area contributed by atoms with Crippen LogP contribution in [0.2, 0.25) is 0 Å². The predicted molar refractivity (Wildman–Crippen MR) is 92.5 cm³/mol. The Balaban J connectivity index is 2.38. The van der Waals surface area contributed by atoms with Gasteiger partial charge in [0.1, 0.15) is 6.61 Å². The number of thiocarbonyl (C=S) groups is 1. The van der Waals surface area contributed by atoms with Crippen LogP contribution in [0.25, 0.3) is 0 Å². The molecule has 0 aromatic rings. The Morgan fingerprint density at radius 2 is 2.00 bits per heavy atom. The van der Waals surface area contributed by atoms with E-state index in [4.69, 9.17) is 21.7 Å². The van der Waals surface area contributed by atoms with Crippen LogP contribution in [0, 0.1) is 0 Å². The minimum Gasteiger partial charge on any atom is -0.447 e. The van der Waals surface area contributed by atoms with Crippen LogP contribution in [0.3, 0.4) is 0 Å². The van der Waals surface area contributed by atoms with Crippen LogP contribution in [-0.2, 0) is 9.47 Å². The van der Waals surface area contributed by atoms with Crippen LogP contribution >= 0.6 is 12.2 Å². The molecule has 1 aliphatic heterocycles. The van der Waals surface area contributed by atoms with Crippen molar-refractivity contribution < 1.29 is 19.4 Å². The van der Waals surface area contributed by atoms with Crippen LogP contribution in [0.15, 0.2) is 0 Å². The number of ether oxygens (including phenoxy) is 2. The van der Waals surface area contributed by atoms with Gasteiger partial charge < -0.3 is 29.7 Å². The highest BCUT2D eigenvalue weighted by Crippen LogP contribution is 2.15. The quantitative estimate of drug-likeness (QED) is 0.689. The summed E-state index contributed by atoms with van der Waals surface area (Å²) in [6.07, 6.45) is -0.829. The number of nitrogens with one attached hydrogen (secondary N) is 1. The zero-order valence-corrected chi connectivity index (χ0v) is 15.3. The maximum absolute atomic E-state index is 11.8. The van der Waals surface area contributed by atoms with Crippen molar-refractivity contribution in [2.24, 2.45) is 0 Å². The molecule has 1 amide bonds. The first-order chi connectivity index (χ1) is 10.9. The predicted octanol–water partition coefficient (Wildman–Crippen LogP) is 0.809. The topological polar surface area (TPSA) is 74.3 Å². The third kappa shape index (κ3) is 6.12. The van der Waals surface area contributed by atoms with Gasteiger partial charge in [-0.15, -0.1) is 0 Å². The molecule has 3 atom stereocenters. The van der Waals surface area contributed by atoms with Gasteiger partial charge in [0.2, 0.25) is 0 Å². The maximum atomic E-state index is 11.8. The van der Waals surface area contributed by atoms with Crippen molar-refractivity contribution in [2.75, 3.05) is 39.9 Å². The number of amides is 1. The van der Waals surface area contributed by atoms with Crippen molar-refractivity contribution >= 4 is 23.4 Å². The second-order valence-corrected chi connectivity index (χ2v) is 5.96. The van der Waals surface area contributed by atoms with E-state index in [1.54, 1.807) is 4.90 Å². The average molecular weight is 347 g/mol. The molecule has 0 saturated carbocycles. The summed E-state index contributed by atoms with van der Waals surface area (Å²) in [6.45, 7) is 8.29. The molecule has 1 rings (SSSR count). The first-order valence-electron chi connectivity index (χ1n) is 8.15. The van der Waals surface area contributed by atoms with Gasteiger partial charge in [-0.25, -0.2) is 4.79 Å². The van der Waals surface area contributed by atoms with Crippen molar-refractivity contribution in [2.45, 2.75) is 45.4 Å². The molecule has 1 unspecified atom stereocenters. The highest BCUT2D eigenvalue weighted by atomic mass is 32.1. The summed E-state index contributed by atoms with van der Waals surface area (Å²) < 4.78 is 10.9.